The highest BCUT2D eigenvalue weighted by Crippen LogP contribution is 2.38. The number of anilines is 1. The van der Waals surface area contributed by atoms with Gasteiger partial charge in [0.25, 0.3) is 0 Å². The zero-order valence-electron chi connectivity index (χ0n) is 10.2. The minimum absolute atomic E-state index is 0.423. The van der Waals surface area contributed by atoms with Crippen molar-refractivity contribution < 1.29 is 5.11 Å². The van der Waals surface area contributed by atoms with Gasteiger partial charge in [0, 0.05) is 29.9 Å². The van der Waals surface area contributed by atoms with Crippen LogP contribution in [0.4, 0.5) is 5.69 Å². The van der Waals surface area contributed by atoms with Gasteiger partial charge in [0.05, 0.1) is 0 Å². The fourth-order valence-corrected chi connectivity index (χ4v) is 2.58. The molecule has 2 atom stereocenters. The number of hydrogen-bond acceptors (Lipinski definition) is 3. The molecule has 16 heavy (non-hydrogen) atoms. The first-order valence-corrected chi connectivity index (χ1v) is 5.93. The molecule has 1 aromatic carbocycles. The first-order valence-electron chi connectivity index (χ1n) is 5.93. The van der Waals surface area contributed by atoms with Crippen LogP contribution >= 0.6 is 0 Å². The van der Waals surface area contributed by atoms with Gasteiger partial charge in [0.1, 0.15) is 5.75 Å². The molecule has 3 nitrogen and oxygen atoms in total. The summed E-state index contributed by atoms with van der Waals surface area (Å²) in [5.41, 5.74) is 2.28. The van der Waals surface area contributed by atoms with Crippen LogP contribution < -0.4 is 10.2 Å². The Morgan fingerprint density at radius 2 is 2.31 bits per heavy atom. The Hall–Kier alpha value is -1.22. The van der Waals surface area contributed by atoms with Crippen LogP contribution in [-0.4, -0.2) is 30.8 Å². The van der Waals surface area contributed by atoms with E-state index in [9.17, 15) is 5.11 Å². The first kappa shape index (κ1) is 11.3. The summed E-state index contributed by atoms with van der Waals surface area (Å²) in [5.74, 6) is 0.432. The fraction of sp³-hybridized carbons (Fsp3) is 0.538. The van der Waals surface area contributed by atoms with E-state index in [0.717, 1.165) is 18.5 Å². The highest BCUT2D eigenvalue weighted by Gasteiger charge is 2.32. The van der Waals surface area contributed by atoms with Gasteiger partial charge in [-0.25, -0.2) is 0 Å². The fourth-order valence-electron chi connectivity index (χ4n) is 2.58. The molecule has 1 aliphatic rings. The van der Waals surface area contributed by atoms with Crippen molar-refractivity contribution in [3.63, 3.8) is 0 Å². The molecule has 0 fully saturated rings. The molecule has 0 bridgehead atoms. The van der Waals surface area contributed by atoms with Crippen LogP contribution in [0.15, 0.2) is 18.2 Å². The molecule has 0 saturated carbocycles. The second-order valence-electron chi connectivity index (χ2n) is 4.41. The lowest BCUT2D eigenvalue weighted by Gasteiger charge is -2.30. The molecule has 2 N–H and O–H groups in total. The number of fused-ring (bicyclic) bond motifs is 1. The Balaban J connectivity index is 2.36. The summed E-state index contributed by atoms with van der Waals surface area (Å²) in [6.45, 7) is 5.33. The quantitative estimate of drug-likeness (QED) is 0.814. The third-order valence-corrected chi connectivity index (χ3v) is 3.62. The van der Waals surface area contributed by atoms with Crippen LogP contribution in [0.1, 0.15) is 19.4 Å². The lowest BCUT2D eigenvalue weighted by molar-refractivity contribution is 0.455. The average Bonchev–Trinajstić information content (AvgIpc) is 2.68. The second-order valence-corrected chi connectivity index (χ2v) is 4.41. The van der Waals surface area contributed by atoms with E-state index >= 15 is 0 Å². The van der Waals surface area contributed by atoms with E-state index in [1.807, 2.05) is 13.1 Å². The molecule has 1 aromatic rings. The van der Waals surface area contributed by atoms with Crippen molar-refractivity contribution in [1.82, 2.24) is 5.32 Å². The van der Waals surface area contributed by atoms with Gasteiger partial charge in [-0.15, -0.1) is 0 Å². The van der Waals surface area contributed by atoms with E-state index in [2.05, 4.69) is 30.1 Å². The lowest BCUT2D eigenvalue weighted by Crippen LogP contribution is -2.45. The number of rotatable bonds is 3. The van der Waals surface area contributed by atoms with E-state index < -0.39 is 0 Å². The molecule has 3 heteroatoms. The number of nitrogens with zero attached hydrogens (tertiary/aromatic N) is 1. The number of hydrogen-bond donors (Lipinski definition) is 2. The van der Waals surface area contributed by atoms with Crippen LogP contribution in [0.5, 0.6) is 5.75 Å². The van der Waals surface area contributed by atoms with Crippen LogP contribution in [0.3, 0.4) is 0 Å². The van der Waals surface area contributed by atoms with Gasteiger partial charge in [0.2, 0.25) is 0 Å². The predicted octanol–water partition coefficient (Wildman–Crippen LogP) is 1.75. The smallest absolute Gasteiger partial charge is 0.120 e. The van der Waals surface area contributed by atoms with E-state index in [1.54, 1.807) is 6.07 Å². The molecule has 0 spiro atoms. The predicted molar refractivity (Wildman–Crippen MR) is 67.1 cm³/mol. The van der Waals surface area contributed by atoms with Crippen molar-refractivity contribution in [2.45, 2.75) is 32.4 Å². The van der Waals surface area contributed by atoms with Crippen LogP contribution in [0, 0.1) is 0 Å². The van der Waals surface area contributed by atoms with Crippen LogP contribution in [0.25, 0.3) is 0 Å². The van der Waals surface area contributed by atoms with E-state index in [4.69, 9.17) is 0 Å². The minimum atomic E-state index is 0.423. The third kappa shape index (κ3) is 1.65. The Kier molecular flexibility index (Phi) is 3.06. The molecule has 1 aliphatic heterocycles. The molecule has 0 aliphatic carbocycles. The number of nitrogens with one attached hydrogen (secondary N) is 1. The third-order valence-electron chi connectivity index (χ3n) is 3.62. The normalized spacial score (nSPS) is 20.9. The molecule has 0 aromatic heterocycles. The Morgan fingerprint density at radius 1 is 1.56 bits per heavy atom. The standard InChI is InChI=1S/C13H20N2O/c1-4-15-11-6-5-7-13(16)10(11)8-12(15)9(2)14-3/h5-7,9,12,14,16H,4,8H2,1-3H3. The number of aromatic hydroxyl groups is 1. The second kappa shape index (κ2) is 4.34. The zero-order chi connectivity index (χ0) is 11.7. The van der Waals surface area contributed by atoms with Crippen molar-refractivity contribution in [3.8, 4) is 5.75 Å². The van der Waals surface area contributed by atoms with Crippen molar-refractivity contribution in [2.75, 3.05) is 18.5 Å². The number of benzene rings is 1. The maximum absolute atomic E-state index is 9.87. The Morgan fingerprint density at radius 3 is 2.94 bits per heavy atom. The Labute approximate surface area is 97.1 Å². The number of phenolic OH excluding ortho intramolecular Hbond substituents is 1. The first-order chi connectivity index (χ1) is 7.69. The molecule has 0 radical (unpaired) electrons. The van der Waals surface area contributed by atoms with Gasteiger partial charge in [-0.2, -0.15) is 0 Å². The number of likely N-dealkylation sites (N-methyl/N-ethyl adjacent to an activating group) is 2. The molecular weight excluding hydrogens is 200 g/mol. The van der Waals surface area contributed by atoms with Crippen molar-refractivity contribution >= 4 is 5.69 Å². The largest absolute Gasteiger partial charge is 0.508 e. The highest BCUT2D eigenvalue weighted by molar-refractivity contribution is 5.64. The lowest BCUT2D eigenvalue weighted by atomic mass is 10.0. The molecular formula is C13H20N2O. The van der Waals surface area contributed by atoms with Gasteiger partial charge in [-0.05, 0) is 39.4 Å². The Bertz CT molecular complexity index is 378. The molecule has 0 amide bonds. The number of phenols is 1. The summed E-state index contributed by atoms with van der Waals surface area (Å²) < 4.78 is 0. The van der Waals surface area contributed by atoms with Crippen molar-refractivity contribution in [3.05, 3.63) is 23.8 Å². The van der Waals surface area contributed by atoms with Crippen LogP contribution in [0.2, 0.25) is 0 Å². The molecule has 0 saturated heterocycles. The van der Waals surface area contributed by atoms with Crippen molar-refractivity contribution in [2.24, 2.45) is 0 Å². The molecule has 1 heterocycles. The molecule has 2 unspecified atom stereocenters. The van der Waals surface area contributed by atoms with Gasteiger partial charge in [-0.3, -0.25) is 0 Å². The summed E-state index contributed by atoms with van der Waals surface area (Å²) >= 11 is 0. The SMILES string of the molecule is CCN1c2cccc(O)c2CC1C(C)NC. The van der Waals surface area contributed by atoms with Gasteiger partial charge >= 0.3 is 0 Å². The highest BCUT2D eigenvalue weighted by atomic mass is 16.3. The average molecular weight is 220 g/mol. The van der Waals surface area contributed by atoms with E-state index in [1.165, 1.54) is 5.69 Å². The van der Waals surface area contributed by atoms with E-state index in [0.29, 0.717) is 17.8 Å². The maximum atomic E-state index is 9.87. The van der Waals surface area contributed by atoms with Gasteiger partial charge in [0.15, 0.2) is 0 Å². The summed E-state index contributed by atoms with van der Waals surface area (Å²) in [7, 11) is 1.99. The molecule has 88 valence electrons. The van der Waals surface area contributed by atoms with Crippen LogP contribution in [-0.2, 0) is 6.42 Å². The summed E-state index contributed by atoms with van der Waals surface area (Å²) in [6.07, 6.45) is 0.928. The van der Waals surface area contributed by atoms with Gasteiger partial charge in [-0.1, -0.05) is 6.07 Å². The maximum Gasteiger partial charge on any atom is 0.120 e. The zero-order valence-corrected chi connectivity index (χ0v) is 10.2. The minimum Gasteiger partial charge on any atom is -0.508 e. The molecule has 2 rings (SSSR count). The monoisotopic (exact) mass is 220 g/mol. The van der Waals surface area contributed by atoms with Crippen molar-refractivity contribution in [1.29, 1.82) is 0 Å². The summed E-state index contributed by atoms with van der Waals surface area (Å²) in [4.78, 5) is 2.37. The topological polar surface area (TPSA) is 35.5 Å². The van der Waals surface area contributed by atoms with E-state index in [-0.39, 0.29) is 0 Å². The summed E-state index contributed by atoms with van der Waals surface area (Å²) in [5, 5.41) is 13.2. The van der Waals surface area contributed by atoms with Gasteiger partial charge < -0.3 is 15.3 Å². The summed E-state index contributed by atoms with van der Waals surface area (Å²) in [6, 6.07) is 6.66.